The van der Waals surface area contributed by atoms with Crippen LogP contribution in [0.15, 0.2) is 24.3 Å². The Morgan fingerprint density at radius 3 is 2.74 bits per heavy atom. The van der Waals surface area contributed by atoms with E-state index in [0.29, 0.717) is 16.8 Å². The third-order valence-electron chi connectivity index (χ3n) is 3.85. The maximum Gasteiger partial charge on any atom is 0.246 e. The summed E-state index contributed by atoms with van der Waals surface area (Å²) in [4.78, 5) is 15.7. The monoisotopic (exact) mass is 333 g/mol. The van der Waals surface area contributed by atoms with Gasteiger partial charge in [-0.15, -0.1) is 10.2 Å². The highest BCUT2D eigenvalue weighted by Crippen LogP contribution is 2.29. The summed E-state index contributed by atoms with van der Waals surface area (Å²) in [7, 11) is 0. The van der Waals surface area contributed by atoms with Gasteiger partial charge in [-0.25, -0.2) is 0 Å². The summed E-state index contributed by atoms with van der Waals surface area (Å²) in [5.41, 5.74) is 0.830. The van der Waals surface area contributed by atoms with Gasteiger partial charge in [0.15, 0.2) is 0 Å². The number of hydrogen-bond donors (Lipinski definition) is 0. The predicted octanol–water partition coefficient (Wildman–Crippen LogP) is 2.64. The Kier molecular flexibility index (Phi) is 4.91. The SMILES string of the molecule is CCCN(CC1CC1)C(=O)Cn1nnc(-c2ccc(Cl)cc2)n1. The van der Waals surface area contributed by atoms with Crippen LogP contribution in [0.3, 0.4) is 0 Å². The van der Waals surface area contributed by atoms with Crippen molar-refractivity contribution in [1.29, 1.82) is 0 Å². The summed E-state index contributed by atoms with van der Waals surface area (Å²) in [5.74, 6) is 1.23. The molecule has 1 aromatic heterocycles. The summed E-state index contributed by atoms with van der Waals surface area (Å²) < 4.78 is 0. The molecule has 1 heterocycles. The van der Waals surface area contributed by atoms with Crippen LogP contribution in [-0.4, -0.2) is 44.1 Å². The van der Waals surface area contributed by atoms with E-state index in [1.807, 2.05) is 17.0 Å². The van der Waals surface area contributed by atoms with E-state index in [1.54, 1.807) is 12.1 Å². The van der Waals surface area contributed by atoms with E-state index in [2.05, 4.69) is 22.3 Å². The molecule has 6 nitrogen and oxygen atoms in total. The largest absolute Gasteiger partial charge is 0.341 e. The van der Waals surface area contributed by atoms with Crippen LogP contribution >= 0.6 is 11.6 Å². The third kappa shape index (κ3) is 4.28. The zero-order valence-corrected chi connectivity index (χ0v) is 13.9. The summed E-state index contributed by atoms with van der Waals surface area (Å²) in [6.07, 6.45) is 3.42. The Balaban J connectivity index is 1.65. The Bertz CT molecular complexity index is 665. The molecule has 1 amide bonds. The van der Waals surface area contributed by atoms with Crippen LogP contribution in [0.5, 0.6) is 0 Å². The first-order valence-corrected chi connectivity index (χ1v) is 8.35. The van der Waals surface area contributed by atoms with Gasteiger partial charge in [0.1, 0.15) is 6.54 Å². The minimum atomic E-state index is 0.0545. The lowest BCUT2D eigenvalue weighted by atomic mass is 10.2. The van der Waals surface area contributed by atoms with Gasteiger partial charge in [0, 0.05) is 23.7 Å². The van der Waals surface area contributed by atoms with Crippen LogP contribution in [-0.2, 0) is 11.3 Å². The standard InChI is InChI=1S/C16H20ClN5O/c1-2-9-21(10-12-3-4-12)15(23)11-22-19-16(18-20-22)13-5-7-14(17)8-6-13/h5-8,12H,2-4,9-11H2,1H3. The smallest absolute Gasteiger partial charge is 0.246 e. The molecule has 23 heavy (non-hydrogen) atoms. The fourth-order valence-electron chi connectivity index (χ4n) is 2.45. The molecule has 0 bridgehead atoms. The summed E-state index contributed by atoms with van der Waals surface area (Å²) >= 11 is 5.87. The van der Waals surface area contributed by atoms with Crippen LogP contribution in [0.4, 0.5) is 0 Å². The fourth-order valence-corrected chi connectivity index (χ4v) is 2.57. The zero-order chi connectivity index (χ0) is 16.2. The van der Waals surface area contributed by atoms with Crippen molar-refractivity contribution in [3.05, 3.63) is 29.3 Å². The molecule has 2 aromatic rings. The normalized spacial score (nSPS) is 14.0. The third-order valence-corrected chi connectivity index (χ3v) is 4.11. The van der Waals surface area contributed by atoms with Crippen LogP contribution < -0.4 is 0 Å². The van der Waals surface area contributed by atoms with E-state index < -0.39 is 0 Å². The van der Waals surface area contributed by atoms with Gasteiger partial charge in [-0.05, 0) is 54.7 Å². The highest BCUT2D eigenvalue weighted by Gasteiger charge is 2.26. The van der Waals surface area contributed by atoms with Gasteiger partial charge in [0.2, 0.25) is 11.7 Å². The van der Waals surface area contributed by atoms with Gasteiger partial charge in [-0.2, -0.15) is 4.80 Å². The van der Waals surface area contributed by atoms with E-state index in [4.69, 9.17) is 11.6 Å². The molecule has 3 rings (SSSR count). The van der Waals surface area contributed by atoms with Crippen molar-refractivity contribution in [2.75, 3.05) is 13.1 Å². The highest BCUT2D eigenvalue weighted by atomic mass is 35.5. The molecular weight excluding hydrogens is 314 g/mol. The van der Waals surface area contributed by atoms with E-state index in [0.717, 1.165) is 25.1 Å². The molecular formula is C16H20ClN5O. The lowest BCUT2D eigenvalue weighted by Crippen LogP contribution is -2.36. The van der Waals surface area contributed by atoms with Gasteiger partial charge in [-0.3, -0.25) is 4.79 Å². The lowest BCUT2D eigenvalue weighted by molar-refractivity contribution is -0.132. The molecule has 0 aliphatic heterocycles. The molecule has 1 saturated carbocycles. The first-order valence-electron chi connectivity index (χ1n) is 7.97. The van der Waals surface area contributed by atoms with Gasteiger partial charge in [-0.1, -0.05) is 18.5 Å². The number of aromatic nitrogens is 4. The predicted molar refractivity (Wildman–Crippen MR) is 87.9 cm³/mol. The topological polar surface area (TPSA) is 63.9 Å². The van der Waals surface area contributed by atoms with Gasteiger partial charge in [0.05, 0.1) is 0 Å². The molecule has 1 fully saturated rings. The number of amides is 1. The second-order valence-electron chi connectivity index (χ2n) is 5.93. The number of hydrogen-bond acceptors (Lipinski definition) is 4. The van der Waals surface area contributed by atoms with Crippen molar-refractivity contribution in [2.45, 2.75) is 32.7 Å². The van der Waals surface area contributed by atoms with Crippen molar-refractivity contribution >= 4 is 17.5 Å². The van der Waals surface area contributed by atoms with Crippen molar-refractivity contribution in [3.8, 4) is 11.4 Å². The first-order chi connectivity index (χ1) is 11.2. The second kappa shape index (κ2) is 7.08. The number of halogens is 1. The molecule has 0 unspecified atom stereocenters. The molecule has 1 aromatic carbocycles. The minimum absolute atomic E-state index is 0.0545. The molecule has 1 aliphatic carbocycles. The van der Waals surface area contributed by atoms with Crippen molar-refractivity contribution in [3.63, 3.8) is 0 Å². The number of tetrazole rings is 1. The van der Waals surface area contributed by atoms with Crippen LogP contribution in [0, 0.1) is 5.92 Å². The summed E-state index contributed by atoms with van der Waals surface area (Å²) in [5, 5.41) is 13.0. The maximum absolute atomic E-state index is 12.4. The summed E-state index contributed by atoms with van der Waals surface area (Å²) in [6, 6.07) is 7.23. The van der Waals surface area contributed by atoms with Crippen LogP contribution in [0.1, 0.15) is 26.2 Å². The molecule has 1 aliphatic rings. The highest BCUT2D eigenvalue weighted by molar-refractivity contribution is 6.30. The molecule has 0 saturated heterocycles. The van der Waals surface area contributed by atoms with Crippen molar-refractivity contribution in [2.24, 2.45) is 5.92 Å². The Morgan fingerprint density at radius 2 is 2.09 bits per heavy atom. The van der Waals surface area contributed by atoms with Crippen LogP contribution in [0.25, 0.3) is 11.4 Å². The number of rotatable bonds is 7. The van der Waals surface area contributed by atoms with Gasteiger partial charge in [0.25, 0.3) is 0 Å². The molecule has 7 heteroatoms. The number of nitrogens with zero attached hydrogens (tertiary/aromatic N) is 5. The quantitative estimate of drug-likeness (QED) is 0.781. The van der Waals surface area contributed by atoms with Gasteiger partial charge >= 0.3 is 0 Å². The van der Waals surface area contributed by atoms with E-state index in [9.17, 15) is 4.79 Å². The molecule has 0 N–H and O–H groups in total. The van der Waals surface area contributed by atoms with E-state index in [1.165, 1.54) is 17.6 Å². The second-order valence-corrected chi connectivity index (χ2v) is 6.37. The number of carbonyl (C=O) groups excluding carboxylic acids is 1. The Hall–Kier alpha value is -1.95. The minimum Gasteiger partial charge on any atom is -0.341 e. The molecule has 0 atom stereocenters. The Labute approximate surface area is 140 Å². The average Bonchev–Trinajstić information content (AvgIpc) is 3.24. The fraction of sp³-hybridized carbons (Fsp3) is 0.500. The Morgan fingerprint density at radius 1 is 1.35 bits per heavy atom. The number of benzene rings is 1. The van der Waals surface area contributed by atoms with Crippen molar-refractivity contribution in [1.82, 2.24) is 25.1 Å². The van der Waals surface area contributed by atoms with E-state index in [-0.39, 0.29) is 12.5 Å². The molecule has 0 spiro atoms. The lowest BCUT2D eigenvalue weighted by Gasteiger charge is -2.21. The first kappa shape index (κ1) is 15.9. The molecule has 122 valence electrons. The average molecular weight is 334 g/mol. The zero-order valence-electron chi connectivity index (χ0n) is 13.2. The van der Waals surface area contributed by atoms with Crippen LogP contribution in [0.2, 0.25) is 5.02 Å². The number of carbonyl (C=O) groups is 1. The summed E-state index contributed by atoms with van der Waals surface area (Å²) in [6.45, 7) is 3.85. The van der Waals surface area contributed by atoms with E-state index >= 15 is 0 Å². The maximum atomic E-state index is 12.4. The molecule has 0 radical (unpaired) electrons. The van der Waals surface area contributed by atoms with Gasteiger partial charge < -0.3 is 4.90 Å². The van der Waals surface area contributed by atoms with Crippen molar-refractivity contribution < 1.29 is 4.79 Å².